The smallest absolute Gasteiger partial charge is 0.329 e. The predicted molar refractivity (Wildman–Crippen MR) is 71.6 cm³/mol. The molecule has 0 aliphatic carbocycles. The van der Waals surface area contributed by atoms with E-state index in [-0.39, 0.29) is 10.6 Å². The maximum Gasteiger partial charge on any atom is 0.329 e. The van der Waals surface area contributed by atoms with Crippen LogP contribution in [0.25, 0.3) is 0 Å². The van der Waals surface area contributed by atoms with Gasteiger partial charge in [-0.1, -0.05) is 0 Å². The lowest BCUT2D eigenvalue weighted by Crippen LogP contribution is -2.51. The Labute approximate surface area is 119 Å². The molecule has 0 spiro atoms. The van der Waals surface area contributed by atoms with Crippen LogP contribution >= 0.6 is 11.8 Å². The number of nitrogens with zero attached hydrogens (tertiary/aromatic N) is 1. The molecule has 0 aliphatic heterocycles. The van der Waals surface area contributed by atoms with Crippen molar-refractivity contribution >= 4 is 23.6 Å². The summed E-state index contributed by atoms with van der Waals surface area (Å²) in [6, 6.07) is 3.07. The molecule has 0 bridgehead atoms. The van der Waals surface area contributed by atoms with E-state index in [4.69, 9.17) is 5.11 Å². The number of likely N-dealkylation sites (N-methyl/N-ethyl adjacent to an activating group) is 1. The normalized spacial score (nSPS) is 11.2. The number of halogens is 2. The van der Waals surface area contributed by atoms with Crippen molar-refractivity contribution in [3.8, 4) is 0 Å². The van der Waals surface area contributed by atoms with E-state index in [1.165, 1.54) is 27.0 Å². The van der Waals surface area contributed by atoms with Crippen molar-refractivity contribution < 1.29 is 23.5 Å². The molecule has 0 saturated heterocycles. The number of carbonyl (C=O) groups excluding carboxylic acids is 1. The monoisotopic (exact) mass is 303 g/mol. The lowest BCUT2D eigenvalue weighted by molar-refractivity contribution is -0.154. The SMILES string of the molecule is CN(C(=O)CSc1ccc(F)cc1F)C(C)(C)C(=O)O. The average Bonchev–Trinajstić information content (AvgIpc) is 2.36. The molecule has 1 rings (SSSR count). The molecule has 7 heteroatoms. The molecule has 110 valence electrons. The van der Waals surface area contributed by atoms with E-state index in [0.29, 0.717) is 0 Å². The Bertz CT molecular complexity index is 534. The van der Waals surface area contributed by atoms with Gasteiger partial charge in [-0.2, -0.15) is 0 Å². The highest BCUT2D eigenvalue weighted by Crippen LogP contribution is 2.23. The van der Waals surface area contributed by atoms with Gasteiger partial charge in [0.05, 0.1) is 5.75 Å². The first kappa shape index (κ1) is 16.4. The highest BCUT2D eigenvalue weighted by molar-refractivity contribution is 8.00. The molecule has 4 nitrogen and oxygen atoms in total. The lowest BCUT2D eigenvalue weighted by atomic mass is 10.0. The molecule has 0 aliphatic rings. The number of amides is 1. The first-order chi connectivity index (χ1) is 9.16. The van der Waals surface area contributed by atoms with Gasteiger partial charge in [0.15, 0.2) is 0 Å². The number of carboxylic acids is 1. The van der Waals surface area contributed by atoms with E-state index in [1.54, 1.807) is 0 Å². The minimum absolute atomic E-state index is 0.129. The van der Waals surface area contributed by atoms with Crippen LogP contribution in [0.15, 0.2) is 23.1 Å². The van der Waals surface area contributed by atoms with Crippen LogP contribution in [0.5, 0.6) is 0 Å². The molecule has 20 heavy (non-hydrogen) atoms. The second kappa shape index (κ2) is 6.21. The third-order valence-corrected chi connectivity index (χ3v) is 4.01. The first-order valence-electron chi connectivity index (χ1n) is 5.74. The number of carboxylic acid groups (broad SMARTS) is 1. The first-order valence-corrected chi connectivity index (χ1v) is 6.72. The van der Waals surface area contributed by atoms with Crippen LogP contribution in [-0.2, 0) is 9.59 Å². The number of thioether (sulfide) groups is 1. The summed E-state index contributed by atoms with van der Waals surface area (Å²) >= 11 is 0.894. The van der Waals surface area contributed by atoms with E-state index >= 15 is 0 Å². The zero-order valence-electron chi connectivity index (χ0n) is 11.3. The van der Waals surface area contributed by atoms with Crippen molar-refractivity contribution in [1.29, 1.82) is 0 Å². The summed E-state index contributed by atoms with van der Waals surface area (Å²) in [5.41, 5.74) is -1.35. The molecule has 0 heterocycles. The topological polar surface area (TPSA) is 57.6 Å². The fourth-order valence-corrected chi connectivity index (χ4v) is 2.12. The van der Waals surface area contributed by atoms with E-state index in [0.717, 1.165) is 28.8 Å². The molecule has 0 aromatic heterocycles. The zero-order valence-corrected chi connectivity index (χ0v) is 12.1. The van der Waals surface area contributed by atoms with Gasteiger partial charge < -0.3 is 10.0 Å². The van der Waals surface area contributed by atoms with Gasteiger partial charge in [0.1, 0.15) is 17.2 Å². The molecule has 0 radical (unpaired) electrons. The van der Waals surface area contributed by atoms with Gasteiger partial charge in [-0.15, -0.1) is 11.8 Å². The van der Waals surface area contributed by atoms with E-state index in [2.05, 4.69) is 0 Å². The molecule has 1 N–H and O–H groups in total. The Balaban J connectivity index is 2.70. The van der Waals surface area contributed by atoms with Crippen molar-refractivity contribution in [3.63, 3.8) is 0 Å². The quantitative estimate of drug-likeness (QED) is 0.849. The van der Waals surface area contributed by atoms with Crippen LogP contribution in [0.2, 0.25) is 0 Å². The third kappa shape index (κ3) is 3.69. The standard InChI is InChI=1S/C13H15F2NO3S/c1-13(2,12(18)19)16(3)11(17)7-20-10-5-4-8(14)6-9(10)15/h4-6H,7H2,1-3H3,(H,18,19). The van der Waals surface area contributed by atoms with Crippen LogP contribution in [0.1, 0.15) is 13.8 Å². The largest absolute Gasteiger partial charge is 0.480 e. The number of benzene rings is 1. The lowest BCUT2D eigenvalue weighted by Gasteiger charge is -2.31. The Kier molecular flexibility index (Phi) is 5.10. The van der Waals surface area contributed by atoms with Gasteiger partial charge in [0, 0.05) is 18.0 Å². The number of carbonyl (C=O) groups is 2. The minimum atomic E-state index is -1.35. The second-order valence-corrected chi connectivity index (χ2v) is 5.70. The molecule has 0 saturated carbocycles. The predicted octanol–water partition coefficient (Wildman–Crippen LogP) is 2.38. The summed E-state index contributed by atoms with van der Waals surface area (Å²) < 4.78 is 26.1. The zero-order chi connectivity index (χ0) is 15.5. The average molecular weight is 303 g/mol. The summed E-state index contributed by atoms with van der Waals surface area (Å²) in [6.07, 6.45) is 0. The maximum atomic E-state index is 13.4. The molecular weight excluding hydrogens is 288 g/mol. The molecule has 0 unspecified atom stereocenters. The van der Waals surface area contributed by atoms with Crippen LogP contribution in [-0.4, -0.2) is 40.2 Å². The number of rotatable bonds is 5. The van der Waals surface area contributed by atoms with Gasteiger partial charge in [0.25, 0.3) is 0 Å². The summed E-state index contributed by atoms with van der Waals surface area (Å²) in [5, 5.41) is 9.02. The highest BCUT2D eigenvalue weighted by Gasteiger charge is 2.34. The van der Waals surface area contributed by atoms with Crippen molar-refractivity contribution in [3.05, 3.63) is 29.8 Å². The summed E-state index contributed by atoms with van der Waals surface area (Å²) in [5.74, 6) is -3.15. The van der Waals surface area contributed by atoms with Crippen molar-refractivity contribution in [1.82, 2.24) is 4.90 Å². The molecule has 1 aromatic rings. The molecule has 1 aromatic carbocycles. The number of aliphatic carboxylic acids is 1. The van der Waals surface area contributed by atoms with E-state index in [1.807, 2.05) is 0 Å². The van der Waals surface area contributed by atoms with E-state index in [9.17, 15) is 18.4 Å². The van der Waals surface area contributed by atoms with Gasteiger partial charge >= 0.3 is 5.97 Å². The highest BCUT2D eigenvalue weighted by atomic mass is 32.2. The molecular formula is C13H15F2NO3S. The Morgan fingerprint density at radius 2 is 1.95 bits per heavy atom. The van der Waals surface area contributed by atoms with Gasteiger partial charge in [-0.3, -0.25) is 4.79 Å². The minimum Gasteiger partial charge on any atom is -0.480 e. The van der Waals surface area contributed by atoms with Crippen LogP contribution in [0.4, 0.5) is 8.78 Å². The second-order valence-electron chi connectivity index (χ2n) is 4.68. The van der Waals surface area contributed by atoms with Crippen molar-refractivity contribution in [2.45, 2.75) is 24.3 Å². The maximum absolute atomic E-state index is 13.4. The number of hydrogen-bond acceptors (Lipinski definition) is 3. The summed E-state index contributed by atoms with van der Waals surface area (Å²) in [6.45, 7) is 2.80. The Morgan fingerprint density at radius 1 is 1.35 bits per heavy atom. The molecule has 0 atom stereocenters. The molecule has 0 fully saturated rings. The third-order valence-electron chi connectivity index (χ3n) is 2.98. The summed E-state index contributed by atoms with van der Waals surface area (Å²) in [7, 11) is 1.37. The van der Waals surface area contributed by atoms with Crippen LogP contribution in [0.3, 0.4) is 0 Å². The fraction of sp³-hybridized carbons (Fsp3) is 0.385. The summed E-state index contributed by atoms with van der Waals surface area (Å²) in [4.78, 5) is 24.1. The number of hydrogen-bond donors (Lipinski definition) is 1. The van der Waals surface area contributed by atoms with Crippen molar-refractivity contribution in [2.24, 2.45) is 0 Å². The van der Waals surface area contributed by atoms with Crippen LogP contribution in [0, 0.1) is 11.6 Å². The Morgan fingerprint density at radius 3 is 2.45 bits per heavy atom. The molecule has 1 amide bonds. The van der Waals surface area contributed by atoms with Gasteiger partial charge in [0.2, 0.25) is 5.91 Å². The van der Waals surface area contributed by atoms with Gasteiger partial charge in [-0.05, 0) is 26.0 Å². The van der Waals surface area contributed by atoms with E-state index < -0.39 is 29.0 Å². The van der Waals surface area contributed by atoms with Gasteiger partial charge in [-0.25, -0.2) is 13.6 Å². The van der Waals surface area contributed by atoms with Crippen LogP contribution < -0.4 is 0 Å². The van der Waals surface area contributed by atoms with Crippen molar-refractivity contribution in [2.75, 3.05) is 12.8 Å². The fourth-order valence-electron chi connectivity index (χ4n) is 1.28. The Hall–Kier alpha value is -1.63.